The Morgan fingerprint density at radius 1 is 1.47 bits per heavy atom. The predicted molar refractivity (Wildman–Crippen MR) is 71.1 cm³/mol. The minimum absolute atomic E-state index is 0.343. The number of hydrogen-bond donors (Lipinski definition) is 0. The highest BCUT2D eigenvalue weighted by Gasteiger charge is 2.53. The number of ether oxygens (including phenoxy) is 1. The number of nitrogens with zero attached hydrogens (tertiary/aromatic N) is 3. The zero-order valence-corrected chi connectivity index (χ0v) is 11.6. The van der Waals surface area contributed by atoms with E-state index in [2.05, 4.69) is 21.8 Å². The normalized spacial score (nSPS) is 28.2. The molecule has 0 spiro atoms. The molecule has 1 aliphatic carbocycles. The van der Waals surface area contributed by atoms with Crippen LogP contribution in [0.3, 0.4) is 0 Å². The van der Waals surface area contributed by atoms with Crippen molar-refractivity contribution >= 4 is 11.9 Å². The van der Waals surface area contributed by atoms with Crippen LogP contribution in [0.5, 0.6) is 0 Å². The molecule has 0 N–H and O–H groups in total. The molecular formula is C14H19N3O2. The van der Waals surface area contributed by atoms with Gasteiger partial charge in [-0.1, -0.05) is 6.92 Å². The lowest BCUT2D eigenvalue weighted by molar-refractivity contribution is 0.0524. The summed E-state index contributed by atoms with van der Waals surface area (Å²) in [7, 11) is 0. The number of carbonyl (C=O) groups is 1. The van der Waals surface area contributed by atoms with E-state index in [1.807, 2.05) is 6.92 Å². The summed E-state index contributed by atoms with van der Waals surface area (Å²) in [4.78, 5) is 22.7. The molecule has 0 radical (unpaired) electrons. The third kappa shape index (κ3) is 2.07. The second kappa shape index (κ2) is 4.47. The van der Waals surface area contributed by atoms with Crippen molar-refractivity contribution in [3.05, 3.63) is 17.5 Å². The van der Waals surface area contributed by atoms with Gasteiger partial charge in [-0.25, -0.2) is 14.8 Å². The molecule has 2 fully saturated rings. The fourth-order valence-electron chi connectivity index (χ4n) is 3.00. The summed E-state index contributed by atoms with van der Waals surface area (Å²) in [5.41, 5.74) is 1.15. The van der Waals surface area contributed by atoms with Crippen LogP contribution in [0, 0.1) is 24.7 Å². The first-order chi connectivity index (χ1) is 9.11. The van der Waals surface area contributed by atoms with Crippen LogP contribution in [0.25, 0.3) is 0 Å². The van der Waals surface area contributed by atoms with Crippen LogP contribution in [0.15, 0.2) is 6.20 Å². The molecule has 102 valence electrons. The summed E-state index contributed by atoms with van der Waals surface area (Å²) in [6.45, 7) is 8.39. The number of aryl methyl sites for hydroxylation is 1. The molecule has 2 heterocycles. The average molecular weight is 261 g/mol. The van der Waals surface area contributed by atoms with Crippen molar-refractivity contribution in [3.63, 3.8) is 0 Å². The van der Waals surface area contributed by atoms with E-state index in [1.165, 1.54) is 0 Å². The predicted octanol–water partition coefficient (Wildman–Crippen LogP) is 1.66. The van der Waals surface area contributed by atoms with E-state index >= 15 is 0 Å². The molecule has 1 saturated heterocycles. The van der Waals surface area contributed by atoms with E-state index in [9.17, 15) is 4.79 Å². The standard InChI is InChI=1S/C14H19N3O2/c1-4-19-13(18)10-5-15-14(16-9(10)3)17-6-11-8(2)12(11)7-17/h5,8,11-12H,4,6-7H2,1-3H3/t8-,11+,12?/m0/s1. The quantitative estimate of drug-likeness (QED) is 0.775. The summed E-state index contributed by atoms with van der Waals surface area (Å²) in [6, 6.07) is 0. The van der Waals surface area contributed by atoms with Crippen molar-refractivity contribution in [3.8, 4) is 0 Å². The fraction of sp³-hybridized carbons (Fsp3) is 0.643. The summed E-state index contributed by atoms with van der Waals surface area (Å²) in [5, 5.41) is 0. The van der Waals surface area contributed by atoms with Gasteiger partial charge in [-0.3, -0.25) is 0 Å². The fourth-order valence-corrected chi connectivity index (χ4v) is 3.00. The largest absolute Gasteiger partial charge is 0.462 e. The Balaban J connectivity index is 1.75. The van der Waals surface area contributed by atoms with Crippen LogP contribution in [0.2, 0.25) is 0 Å². The summed E-state index contributed by atoms with van der Waals surface area (Å²) in [6.07, 6.45) is 1.59. The van der Waals surface area contributed by atoms with Crippen molar-refractivity contribution in [2.45, 2.75) is 20.8 Å². The third-order valence-corrected chi connectivity index (χ3v) is 4.37. The molecular weight excluding hydrogens is 242 g/mol. The van der Waals surface area contributed by atoms with E-state index in [0.717, 1.165) is 36.8 Å². The summed E-state index contributed by atoms with van der Waals surface area (Å²) >= 11 is 0. The Morgan fingerprint density at radius 3 is 2.74 bits per heavy atom. The SMILES string of the molecule is CCOC(=O)c1cnc(N2CC3[C@@H](C)[C@H]3C2)nc1C. The molecule has 1 aromatic heterocycles. The molecule has 2 aliphatic rings. The van der Waals surface area contributed by atoms with Gasteiger partial charge in [0.15, 0.2) is 0 Å². The summed E-state index contributed by atoms with van der Waals surface area (Å²) in [5.74, 6) is 2.88. The molecule has 1 aliphatic heterocycles. The monoisotopic (exact) mass is 261 g/mol. The first kappa shape index (κ1) is 12.4. The molecule has 3 atom stereocenters. The van der Waals surface area contributed by atoms with E-state index in [0.29, 0.717) is 17.9 Å². The second-order valence-corrected chi connectivity index (χ2v) is 5.48. The molecule has 0 amide bonds. The van der Waals surface area contributed by atoms with Crippen LogP contribution in [0.4, 0.5) is 5.95 Å². The van der Waals surface area contributed by atoms with Crippen molar-refractivity contribution in [2.24, 2.45) is 17.8 Å². The molecule has 1 saturated carbocycles. The molecule has 1 unspecified atom stereocenters. The molecule has 0 aromatic carbocycles. The number of fused-ring (bicyclic) bond motifs is 1. The van der Waals surface area contributed by atoms with Gasteiger partial charge >= 0.3 is 5.97 Å². The highest BCUT2D eigenvalue weighted by molar-refractivity contribution is 5.90. The van der Waals surface area contributed by atoms with E-state index in [1.54, 1.807) is 13.1 Å². The van der Waals surface area contributed by atoms with Crippen LogP contribution < -0.4 is 4.90 Å². The van der Waals surface area contributed by atoms with Gasteiger partial charge in [-0.2, -0.15) is 0 Å². The number of aromatic nitrogens is 2. The second-order valence-electron chi connectivity index (χ2n) is 5.48. The lowest BCUT2D eigenvalue weighted by Gasteiger charge is -2.19. The molecule has 5 heteroatoms. The Labute approximate surface area is 113 Å². The van der Waals surface area contributed by atoms with Gasteiger partial charge in [0.2, 0.25) is 5.95 Å². The van der Waals surface area contributed by atoms with Crippen LogP contribution in [-0.2, 0) is 4.74 Å². The highest BCUT2D eigenvalue weighted by Crippen LogP contribution is 2.51. The number of esters is 1. The van der Waals surface area contributed by atoms with Crippen LogP contribution in [0.1, 0.15) is 29.9 Å². The number of carbonyl (C=O) groups excluding carboxylic acids is 1. The van der Waals surface area contributed by atoms with Gasteiger partial charge < -0.3 is 9.64 Å². The minimum Gasteiger partial charge on any atom is -0.462 e. The van der Waals surface area contributed by atoms with E-state index < -0.39 is 0 Å². The smallest absolute Gasteiger partial charge is 0.341 e. The maximum Gasteiger partial charge on any atom is 0.341 e. The Hall–Kier alpha value is -1.65. The third-order valence-electron chi connectivity index (χ3n) is 4.37. The molecule has 1 aromatic rings. The van der Waals surface area contributed by atoms with Gasteiger partial charge in [0.05, 0.1) is 17.9 Å². The molecule has 3 rings (SSSR count). The Bertz CT molecular complexity index is 505. The number of piperidine rings is 1. The van der Waals surface area contributed by atoms with E-state index in [-0.39, 0.29) is 5.97 Å². The molecule has 19 heavy (non-hydrogen) atoms. The van der Waals surface area contributed by atoms with Gasteiger partial charge in [-0.05, 0) is 31.6 Å². The first-order valence-corrected chi connectivity index (χ1v) is 6.87. The maximum atomic E-state index is 11.7. The van der Waals surface area contributed by atoms with Gasteiger partial charge in [0.1, 0.15) is 0 Å². The van der Waals surface area contributed by atoms with Gasteiger partial charge in [-0.15, -0.1) is 0 Å². The zero-order valence-electron chi connectivity index (χ0n) is 11.6. The number of hydrogen-bond acceptors (Lipinski definition) is 5. The Morgan fingerprint density at radius 2 is 2.16 bits per heavy atom. The Kier molecular flexibility index (Phi) is 2.92. The average Bonchev–Trinajstić information content (AvgIpc) is 2.82. The van der Waals surface area contributed by atoms with Gasteiger partial charge in [0.25, 0.3) is 0 Å². The molecule has 0 bridgehead atoms. The van der Waals surface area contributed by atoms with E-state index in [4.69, 9.17) is 4.74 Å². The maximum absolute atomic E-state index is 11.7. The summed E-state index contributed by atoms with van der Waals surface area (Å²) < 4.78 is 4.98. The van der Waals surface area contributed by atoms with Crippen molar-refractivity contribution in [1.82, 2.24) is 9.97 Å². The van der Waals surface area contributed by atoms with Crippen LogP contribution in [-0.4, -0.2) is 35.6 Å². The number of anilines is 1. The first-order valence-electron chi connectivity index (χ1n) is 6.87. The zero-order chi connectivity index (χ0) is 13.6. The molecule has 5 nitrogen and oxygen atoms in total. The van der Waals surface area contributed by atoms with Crippen molar-refractivity contribution < 1.29 is 9.53 Å². The highest BCUT2D eigenvalue weighted by atomic mass is 16.5. The van der Waals surface area contributed by atoms with Crippen molar-refractivity contribution in [2.75, 3.05) is 24.6 Å². The van der Waals surface area contributed by atoms with Crippen molar-refractivity contribution in [1.29, 1.82) is 0 Å². The van der Waals surface area contributed by atoms with Crippen LogP contribution >= 0.6 is 0 Å². The number of rotatable bonds is 3. The lowest BCUT2D eigenvalue weighted by Crippen LogP contribution is -2.26. The minimum atomic E-state index is -0.343. The lowest BCUT2D eigenvalue weighted by atomic mass is 10.2. The van der Waals surface area contributed by atoms with Gasteiger partial charge in [0, 0.05) is 19.3 Å². The topological polar surface area (TPSA) is 55.3 Å².